The molecule has 1 aromatic heterocycles. The second-order valence-electron chi connectivity index (χ2n) is 6.93. The second kappa shape index (κ2) is 8.35. The third kappa shape index (κ3) is 4.74. The first-order valence-corrected chi connectivity index (χ1v) is 10.0. The molecule has 0 bridgehead atoms. The van der Waals surface area contributed by atoms with E-state index < -0.39 is 0 Å². The van der Waals surface area contributed by atoms with Crippen LogP contribution in [0.2, 0.25) is 0 Å². The number of aromatic nitrogens is 1. The molecular weight excluding hydrogens is 354 g/mol. The lowest BCUT2D eigenvalue weighted by atomic mass is 10.0. The first kappa shape index (κ1) is 19.1. The molecule has 140 valence electrons. The van der Waals surface area contributed by atoms with E-state index in [2.05, 4.69) is 40.9 Å². The average Bonchev–Trinajstić information content (AvgIpc) is 3.09. The normalized spacial score (nSPS) is 12.0. The lowest BCUT2D eigenvalue weighted by Gasteiger charge is -2.18. The van der Waals surface area contributed by atoms with Crippen LogP contribution in [0.25, 0.3) is 11.3 Å². The summed E-state index contributed by atoms with van der Waals surface area (Å²) in [6.45, 7) is 8.11. The molecule has 27 heavy (non-hydrogen) atoms. The summed E-state index contributed by atoms with van der Waals surface area (Å²) in [5, 5.41) is 9.42. The smallest absolute Gasteiger partial charge is 0.246 e. The highest BCUT2D eigenvalue weighted by molar-refractivity contribution is 7.09. The van der Waals surface area contributed by atoms with Gasteiger partial charge in [-0.05, 0) is 43.5 Å². The third-order valence-electron chi connectivity index (χ3n) is 4.42. The fourth-order valence-corrected chi connectivity index (χ4v) is 3.53. The van der Waals surface area contributed by atoms with Gasteiger partial charge in [-0.15, -0.1) is 11.3 Å². The van der Waals surface area contributed by atoms with Crippen LogP contribution in [0, 0.1) is 6.92 Å². The zero-order chi connectivity index (χ0) is 19.4. The Balaban J connectivity index is 1.65. The van der Waals surface area contributed by atoms with Crippen molar-refractivity contribution in [2.75, 3.05) is 10.6 Å². The Hall–Kier alpha value is -2.66. The van der Waals surface area contributed by atoms with E-state index in [0.717, 1.165) is 33.2 Å². The summed E-state index contributed by atoms with van der Waals surface area (Å²) in [6.07, 6.45) is 0. The van der Waals surface area contributed by atoms with Crippen molar-refractivity contribution in [3.63, 3.8) is 0 Å². The Bertz CT molecular complexity index is 915. The Labute approximate surface area is 164 Å². The Morgan fingerprint density at radius 3 is 2.37 bits per heavy atom. The number of carbonyl (C=O) groups excluding carboxylic acids is 1. The highest BCUT2D eigenvalue weighted by Crippen LogP contribution is 2.25. The van der Waals surface area contributed by atoms with Crippen LogP contribution in [-0.2, 0) is 4.79 Å². The molecule has 0 unspecified atom stereocenters. The molecule has 5 heteroatoms. The van der Waals surface area contributed by atoms with Crippen LogP contribution in [0.3, 0.4) is 0 Å². The topological polar surface area (TPSA) is 54.0 Å². The van der Waals surface area contributed by atoms with Crippen molar-refractivity contribution >= 4 is 28.6 Å². The van der Waals surface area contributed by atoms with Crippen LogP contribution in [0.4, 0.5) is 11.4 Å². The molecule has 3 aromatic rings. The fourth-order valence-electron chi connectivity index (χ4n) is 2.90. The van der Waals surface area contributed by atoms with Crippen molar-refractivity contribution in [2.24, 2.45) is 0 Å². The maximum atomic E-state index is 12.6. The first-order chi connectivity index (χ1) is 12.9. The number of nitrogens with zero attached hydrogens (tertiary/aromatic N) is 1. The number of hydrogen-bond acceptors (Lipinski definition) is 4. The highest BCUT2D eigenvalue weighted by Gasteiger charge is 2.15. The van der Waals surface area contributed by atoms with Crippen molar-refractivity contribution in [3.05, 3.63) is 64.5 Å². The van der Waals surface area contributed by atoms with Crippen LogP contribution in [0.15, 0.2) is 53.9 Å². The van der Waals surface area contributed by atoms with Crippen LogP contribution in [-0.4, -0.2) is 16.9 Å². The van der Waals surface area contributed by atoms with E-state index in [0.29, 0.717) is 5.92 Å². The molecule has 2 aromatic carbocycles. The van der Waals surface area contributed by atoms with Gasteiger partial charge in [0.1, 0.15) is 6.04 Å². The van der Waals surface area contributed by atoms with E-state index in [9.17, 15) is 4.79 Å². The molecule has 0 radical (unpaired) electrons. The molecule has 3 rings (SSSR count). The number of anilines is 2. The van der Waals surface area contributed by atoms with Gasteiger partial charge in [0.25, 0.3) is 0 Å². The molecule has 4 nitrogen and oxygen atoms in total. The van der Waals surface area contributed by atoms with Crippen molar-refractivity contribution < 1.29 is 4.79 Å². The van der Waals surface area contributed by atoms with Gasteiger partial charge in [-0.2, -0.15) is 0 Å². The molecule has 1 heterocycles. The number of amides is 1. The molecule has 0 aliphatic carbocycles. The quantitative estimate of drug-likeness (QED) is 0.579. The minimum Gasteiger partial charge on any atom is -0.374 e. The molecule has 0 fully saturated rings. The van der Waals surface area contributed by atoms with Gasteiger partial charge in [0.05, 0.1) is 10.7 Å². The van der Waals surface area contributed by atoms with E-state index in [1.807, 2.05) is 56.3 Å². The SMILES string of the molecule is Cc1nc(-c2ccc(N[C@H](C)C(=O)Nc3ccccc3C(C)C)cc2)cs1. The number of rotatable bonds is 6. The second-order valence-corrected chi connectivity index (χ2v) is 7.99. The summed E-state index contributed by atoms with van der Waals surface area (Å²) < 4.78 is 0. The van der Waals surface area contributed by atoms with Gasteiger partial charge < -0.3 is 10.6 Å². The zero-order valence-corrected chi connectivity index (χ0v) is 16.9. The highest BCUT2D eigenvalue weighted by atomic mass is 32.1. The summed E-state index contributed by atoms with van der Waals surface area (Å²) >= 11 is 1.64. The third-order valence-corrected chi connectivity index (χ3v) is 5.19. The zero-order valence-electron chi connectivity index (χ0n) is 16.1. The number of aryl methyl sites for hydroxylation is 1. The standard InChI is InChI=1S/C22H25N3OS/c1-14(2)19-7-5-6-8-20(19)25-22(26)15(3)23-18-11-9-17(10-12-18)21-13-27-16(4)24-21/h5-15,23H,1-4H3,(H,25,26)/t15-/m1/s1. The van der Waals surface area contributed by atoms with E-state index in [1.165, 1.54) is 0 Å². The van der Waals surface area contributed by atoms with Gasteiger partial charge in [0, 0.05) is 22.3 Å². The molecule has 0 spiro atoms. The molecular formula is C22H25N3OS. The van der Waals surface area contributed by atoms with Gasteiger partial charge in [0.15, 0.2) is 0 Å². The van der Waals surface area contributed by atoms with E-state index in [1.54, 1.807) is 11.3 Å². The maximum Gasteiger partial charge on any atom is 0.246 e. The Kier molecular flexibility index (Phi) is 5.91. The summed E-state index contributed by atoms with van der Waals surface area (Å²) in [7, 11) is 0. The number of benzene rings is 2. The summed E-state index contributed by atoms with van der Waals surface area (Å²) in [5.41, 5.74) is 4.99. The predicted molar refractivity (Wildman–Crippen MR) is 115 cm³/mol. The van der Waals surface area contributed by atoms with E-state index in [-0.39, 0.29) is 11.9 Å². The molecule has 0 aliphatic heterocycles. The van der Waals surface area contributed by atoms with Crippen LogP contribution < -0.4 is 10.6 Å². The van der Waals surface area contributed by atoms with Crippen LogP contribution >= 0.6 is 11.3 Å². The molecule has 1 amide bonds. The van der Waals surface area contributed by atoms with Crippen LogP contribution in [0.5, 0.6) is 0 Å². The van der Waals surface area contributed by atoms with E-state index >= 15 is 0 Å². The maximum absolute atomic E-state index is 12.6. The lowest BCUT2D eigenvalue weighted by molar-refractivity contribution is -0.116. The fraction of sp³-hybridized carbons (Fsp3) is 0.273. The lowest BCUT2D eigenvalue weighted by Crippen LogP contribution is -2.32. The largest absolute Gasteiger partial charge is 0.374 e. The molecule has 1 atom stereocenters. The summed E-state index contributed by atoms with van der Waals surface area (Å²) in [4.78, 5) is 17.1. The molecule has 2 N–H and O–H groups in total. The summed E-state index contributed by atoms with van der Waals surface area (Å²) in [5.74, 6) is 0.300. The molecule has 0 saturated heterocycles. The molecule has 0 saturated carbocycles. The number of hydrogen-bond donors (Lipinski definition) is 2. The number of para-hydroxylation sites is 1. The number of thiazole rings is 1. The van der Waals surface area contributed by atoms with Gasteiger partial charge in [0.2, 0.25) is 5.91 Å². The van der Waals surface area contributed by atoms with Gasteiger partial charge in [-0.1, -0.05) is 44.2 Å². The minimum absolute atomic E-state index is 0.0534. The van der Waals surface area contributed by atoms with E-state index in [4.69, 9.17) is 0 Å². The number of nitrogens with one attached hydrogen (secondary N) is 2. The van der Waals surface area contributed by atoms with Gasteiger partial charge in [-0.25, -0.2) is 4.98 Å². The van der Waals surface area contributed by atoms with Crippen molar-refractivity contribution in [2.45, 2.75) is 39.7 Å². The average molecular weight is 380 g/mol. The van der Waals surface area contributed by atoms with Crippen molar-refractivity contribution in [1.29, 1.82) is 0 Å². The van der Waals surface area contributed by atoms with Crippen molar-refractivity contribution in [3.8, 4) is 11.3 Å². The minimum atomic E-state index is -0.349. The van der Waals surface area contributed by atoms with Gasteiger partial charge >= 0.3 is 0 Å². The molecule has 0 aliphatic rings. The Morgan fingerprint density at radius 1 is 1.04 bits per heavy atom. The van der Waals surface area contributed by atoms with Crippen molar-refractivity contribution in [1.82, 2.24) is 4.98 Å². The first-order valence-electron chi connectivity index (χ1n) is 9.13. The predicted octanol–water partition coefficient (Wildman–Crippen LogP) is 5.68. The van der Waals surface area contributed by atoms with Crippen LogP contribution in [0.1, 0.15) is 37.3 Å². The number of carbonyl (C=O) groups is 1. The van der Waals surface area contributed by atoms with Gasteiger partial charge in [-0.3, -0.25) is 4.79 Å². The Morgan fingerprint density at radius 2 is 1.74 bits per heavy atom. The monoisotopic (exact) mass is 379 g/mol. The summed E-state index contributed by atoms with van der Waals surface area (Å²) in [6, 6.07) is 15.6.